The van der Waals surface area contributed by atoms with Crippen LogP contribution in [0.25, 0.3) is 0 Å². The van der Waals surface area contributed by atoms with Gasteiger partial charge in [0.05, 0.1) is 0 Å². The first-order valence-electron chi connectivity index (χ1n) is 2.78. The summed E-state index contributed by atoms with van der Waals surface area (Å²) in [6.07, 6.45) is -0.0101. The van der Waals surface area contributed by atoms with E-state index in [9.17, 15) is 9.59 Å². The Balaban J connectivity index is 4.44. The van der Waals surface area contributed by atoms with Crippen molar-refractivity contribution >= 4 is 46.8 Å². The summed E-state index contributed by atoms with van der Waals surface area (Å²) in [7, 11) is 0. The van der Waals surface area contributed by atoms with Crippen LogP contribution in [0.15, 0.2) is 4.99 Å². The smallest absolute Gasteiger partial charge is 0.237 e. The highest BCUT2D eigenvalue weighted by atomic mass is 35.6. The normalized spacial score (nSPS) is 13.0. The molecule has 0 spiro atoms. The summed E-state index contributed by atoms with van der Waals surface area (Å²) in [6.45, 7) is 1.21. The molecule has 0 heterocycles. The molecule has 0 aromatic carbocycles. The highest BCUT2D eigenvalue weighted by molar-refractivity contribution is 6.68. The van der Waals surface area contributed by atoms with E-state index < -0.39 is 15.9 Å². The molecule has 0 aliphatic carbocycles. The SMILES string of the molecule is CC(=O)NC(N=C=O)C(Cl)(Cl)Cl. The lowest BCUT2D eigenvalue weighted by molar-refractivity contribution is -0.119. The second-order valence-electron chi connectivity index (χ2n) is 1.87. The fraction of sp³-hybridized carbons (Fsp3) is 0.600. The van der Waals surface area contributed by atoms with E-state index in [0.29, 0.717) is 0 Å². The Morgan fingerprint density at radius 2 is 2.08 bits per heavy atom. The molecule has 1 atom stereocenters. The molecule has 0 fully saturated rings. The van der Waals surface area contributed by atoms with Crippen LogP contribution in [0.1, 0.15) is 6.92 Å². The largest absolute Gasteiger partial charge is 0.330 e. The van der Waals surface area contributed by atoms with Crippen LogP contribution in [-0.4, -0.2) is 21.9 Å². The summed E-state index contributed by atoms with van der Waals surface area (Å²) >= 11 is 16.1. The number of amides is 1. The third-order valence-corrected chi connectivity index (χ3v) is 1.45. The summed E-state index contributed by atoms with van der Waals surface area (Å²) in [5.74, 6) is -0.453. The number of rotatable bonds is 2. The molecule has 1 unspecified atom stereocenters. The van der Waals surface area contributed by atoms with Crippen LogP contribution < -0.4 is 5.32 Å². The Kier molecular flexibility index (Phi) is 4.57. The van der Waals surface area contributed by atoms with Gasteiger partial charge in [0.15, 0.2) is 6.17 Å². The summed E-state index contributed by atoms with van der Waals surface area (Å²) in [5, 5.41) is 2.16. The number of isocyanates is 1. The Morgan fingerprint density at radius 1 is 1.58 bits per heavy atom. The molecule has 0 aromatic heterocycles. The van der Waals surface area contributed by atoms with Gasteiger partial charge in [-0.05, 0) is 0 Å². The van der Waals surface area contributed by atoms with Crippen molar-refractivity contribution in [2.75, 3.05) is 0 Å². The Morgan fingerprint density at radius 3 is 2.33 bits per heavy atom. The topological polar surface area (TPSA) is 58.5 Å². The lowest BCUT2D eigenvalue weighted by Gasteiger charge is -2.18. The van der Waals surface area contributed by atoms with Crippen LogP contribution in [0.4, 0.5) is 0 Å². The standard InChI is InChI=1S/C5H5Cl3N2O2/c1-3(12)10-4(9-2-11)5(6,7)8/h4H,1H3,(H,10,12). The number of carbonyl (C=O) groups is 1. The molecule has 0 radical (unpaired) electrons. The third kappa shape index (κ3) is 4.57. The minimum atomic E-state index is -1.84. The van der Waals surface area contributed by atoms with Gasteiger partial charge in [-0.15, -0.1) is 0 Å². The molecule has 1 amide bonds. The van der Waals surface area contributed by atoms with Crippen molar-refractivity contribution in [3.8, 4) is 0 Å². The Hall–Kier alpha value is -0.280. The number of halogens is 3. The van der Waals surface area contributed by atoms with E-state index in [2.05, 4.69) is 10.3 Å². The van der Waals surface area contributed by atoms with Crippen LogP contribution in [-0.2, 0) is 9.59 Å². The second kappa shape index (κ2) is 4.67. The Bertz CT molecular complexity index is 219. The second-order valence-corrected chi connectivity index (χ2v) is 4.23. The van der Waals surface area contributed by atoms with E-state index >= 15 is 0 Å². The molecule has 0 saturated heterocycles. The summed E-state index contributed by atoms with van der Waals surface area (Å²) in [4.78, 5) is 23.4. The van der Waals surface area contributed by atoms with Crippen LogP contribution in [0.3, 0.4) is 0 Å². The molecule has 12 heavy (non-hydrogen) atoms. The molecule has 0 aromatic rings. The van der Waals surface area contributed by atoms with Crippen molar-refractivity contribution < 1.29 is 9.59 Å². The summed E-state index contributed by atoms with van der Waals surface area (Å²) < 4.78 is -1.84. The molecule has 4 nitrogen and oxygen atoms in total. The van der Waals surface area contributed by atoms with E-state index in [1.54, 1.807) is 0 Å². The van der Waals surface area contributed by atoms with Gasteiger partial charge < -0.3 is 5.32 Å². The minimum Gasteiger partial charge on any atom is -0.330 e. The van der Waals surface area contributed by atoms with Gasteiger partial charge in [0.2, 0.25) is 15.8 Å². The number of carbonyl (C=O) groups excluding carboxylic acids is 2. The van der Waals surface area contributed by atoms with Gasteiger partial charge in [0, 0.05) is 6.92 Å². The predicted molar refractivity (Wildman–Crippen MR) is 46.0 cm³/mol. The molecule has 7 heteroatoms. The molecular formula is C5H5Cl3N2O2. The predicted octanol–water partition coefficient (Wildman–Crippen LogP) is 1.15. The maximum Gasteiger partial charge on any atom is 0.237 e. The molecule has 0 aliphatic heterocycles. The molecule has 0 bridgehead atoms. The molecule has 68 valence electrons. The van der Waals surface area contributed by atoms with Crippen molar-refractivity contribution in [3.05, 3.63) is 0 Å². The first-order chi connectivity index (χ1) is 5.38. The summed E-state index contributed by atoms with van der Waals surface area (Å²) in [6, 6.07) is 0. The molecule has 0 aliphatic rings. The fourth-order valence-corrected chi connectivity index (χ4v) is 0.743. The number of alkyl halides is 3. The number of hydrogen-bond donors (Lipinski definition) is 1. The van der Waals surface area contributed by atoms with Crippen LogP contribution >= 0.6 is 34.8 Å². The first-order valence-corrected chi connectivity index (χ1v) is 3.92. The third-order valence-electron chi connectivity index (χ3n) is 0.832. The number of hydrogen-bond acceptors (Lipinski definition) is 3. The van der Waals surface area contributed by atoms with Crippen molar-refractivity contribution in [1.29, 1.82) is 0 Å². The number of aliphatic imine (C=N–C) groups is 1. The van der Waals surface area contributed by atoms with Gasteiger partial charge in [-0.25, -0.2) is 4.79 Å². The minimum absolute atomic E-state index is 0.453. The van der Waals surface area contributed by atoms with Crippen molar-refractivity contribution in [2.24, 2.45) is 4.99 Å². The molecule has 0 rings (SSSR count). The first kappa shape index (κ1) is 11.7. The van der Waals surface area contributed by atoms with Crippen LogP contribution in [0.2, 0.25) is 0 Å². The highest BCUT2D eigenvalue weighted by Gasteiger charge is 2.33. The van der Waals surface area contributed by atoms with Gasteiger partial charge in [-0.3, -0.25) is 4.79 Å². The van der Waals surface area contributed by atoms with E-state index in [-0.39, 0.29) is 0 Å². The zero-order valence-corrected chi connectivity index (χ0v) is 8.24. The highest BCUT2D eigenvalue weighted by Crippen LogP contribution is 2.30. The monoisotopic (exact) mass is 230 g/mol. The zero-order valence-electron chi connectivity index (χ0n) is 5.97. The van der Waals surface area contributed by atoms with Crippen molar-refractivity contribution in [1.82, 2.24) is 5.32 Å². The van der Waals surface area contributed by atoms with E-state index in [4.69, 9.17) is 34.8 Å². The maximum absolute atomic E-state index is 10.5. The maximum atomic E-state index is 10.5. The van der Waals surface area contributed by atoms with Crippen molar-refractivity contribution in [3.63, 3.8) is 0 Å². The average molecular weight is 231 g/mol. The fourth-order valence-electron chi connectivity index (χ4n) is 0.433. The number of nitrogens with zero attached hydrogens (tertiary/aromatic N) is 1. The van der Waals surface area contributed by atoms with Gasteiger partial charge in [0.1, 0.15) is 0 Å². The zero-order chi connectivity index (χ0) is 9.78. The van der Waals surface area contributed by atoms with Crippen LogP contribution in [0.5, 0.6) is 0 Å². The van der Waals surface area contributed by atoms with E-state index in [1.165, 1.54) is 13.0 Å². The lowest BCUT2D eigenvalue weighted by atomic mass is 10.5. The van der Waals surface area contributed by atoms with Gasteiger partial charge in [-0.1, -0.05) is 34.8 Å². The van der Waals surface area contributed by atoms with Gasteiger partial charge >= 0.3 is 0 Å². The van der Waals surface area contributed by atoms with Crippen LogP contribution in [0, 0.1) is 0 Å². The van der Waals surface area contributed by atoms with Crippen molar-refractivity contribution in [2.45, 2.75) is 16.9 Å². The van der Waals surface area contributed by atoms with E-state index in [1.807, 2.05) is 0 Å². The quantitative estimate of drug-likeness (QED) is 0.440. The molecule has 0 saturated carbocycles. The summed E-state index contributed by atoms with van der Waals surface area (Å²) in [5.41, 5.74) is 0. The van der Waals surface area contributed by atoms with Gasteiger partial charge in [-0.2, -0.15) is 4.99 Å². The number of nitrogens with one attached hydrogen (secondary N) is 1. The molecule has 1 N–H and O–H groups in total. The van der Waals surface area contributed by atoms with E-state index in [0.717, 1.165) is 0 Å². The average Bonchev–Trinajstić information content (AvgIpc) is 1.83. The van der Waals surface area contributed by atoms with Gasteiger partial charge in [0.25, 0.3) is 0 Å². The lowest BCUT2D eigenvalue weighted by Crippen LogP contribution is -2.41. The Labute approximate surface area is 83.9 Å². The molecular weight excluding hydrogens is 226 g/mol.